The average Bonchev–Trinajstić information content (AvgIpc) is 2.49. The summed E-state index contributed by atoms with van der Waals surface area (Å²) >= 11 is 5.17. The van der Waals surface area contributed by atoms with Crippen LogP contribution in [0.3, 0.4) is 0 Å². The van der Waals surface area contributed by atoms with Crippen LogP contribution in [0, 0.1) is 6.92 Å². The Hall–Kier alpha value is -0.910. The Morgan fingerprint density at radius 3 is 2.67 bits per heavy atom. The Kier molecular flexibility index (Phi) is 6.21. The highest BCUT2D eigenvalue weighted by Crippen LogP contribution is 2.33. The lowest BCUT2D eigenvalue weighted by molar-refractivity contribution is 0.563. The zero-order chi connectivity index (χ0) is 15.2. The molecule has 1 N–H and O–H groups in total. The number of benzene rings is 1. The lowest BCUT2D eigenvalue weighted by Gasteiger charge is -2.17. The number of halogens is 1. The van der Waals surface area contributed by atoms with Crippen LogP contribution >= 0.6 is 27.7 Å². The molecular weight excluding hydrogens is 346 g/mol. The Balaban J connectivity index is 2.23. The van der Waals surface area contributed by atoms with Gasteiger partial charge in [-0.1, -0.05) is 22.9 Å². The fourth-order valence-corrected chi connectivity index (χ4v) is 3.23. The van der Waals surface area contributed by atoms with Gasteiger partial charge in [-0.05, 0) is 67.9 Å². The van der Waals surface area contributed by atoms with Gasteiger partial charge in [-0.2, -0.15) is 0 Å². The normalized spacial score (nSPS) is 12.4. The van der Waals surface area contributed by atoms with E-state index in [4.69, 9.17) is 0 Å². The number of aromatic nitrogens is 2. The summed E-state index contributed by atoms with van der Waals surface area (Å²) < 4.78 is 1.09. The first-order valence-corrected chi connectivity index (χ1v) is 8.70. The molecule has 21 heavy (non-hydrogen) atoms. The van der Waals surface area contributed by atoms with E-state index >= 15 is 0 Å². The van der Waals surface area contributed by atoms with Crippen molar-refractivity contribution in [3.8, 4) is 0 Å². The maximum absolute atomic E-state index is 4.38. The summed E-state index contributed by atoms with van der Waals surface area (Å²) in [6.45, 7) is 7.38. The van der Waals surface area contributed by atoms with Crippen LogP contribution in [0.15, 0.2) is 45.1 Å². The third-order valence-corrected chi connectivity index (χ3v) is 4.58. The molecule has 0 spiro atoms. The molecule has 2 rings (SSSR count). The topological polar surface area (TPSA) is 37.8 Å². The van der Waals surface area contributed by atoms with Gasteiger partial charge < -0.3 is 5.32 Å². The fraction of sp³-hybridized carbons (Fsp3) is 0.375. The standard InChI is InChI=1S/C16H20BrN3S/c1-4-7-18-12(3)14-8-13(17)5-6-15(14)21-16-19-9-11(2)10-20-16/h5-6,8-10,12,18H,4,7H2,1-3H3. The number of rotatable bonds is 6. The molecular formula is C16H20BrN3S. The number of hydrogen-bond donors (Lipinski definition) is 1. The maximum Gasteiger partial charge on any atom is 0.192 e. The van der Waals surface area contributed by atoms with Gasteiger partial charge in [0.2, 0.25) is 0 Å². The first kappa shape index (κ1) is 16.5. The summed E-state index contributed by atoms with van der Waals surface area (Å²) in [5.41, 5.74) is 2.35. The van der Waals surface area contributed by atoms with Crippen LogP contribution in [0.5, 0.6) is 0 Å². The van der Waals surface area contributed by atoms with E-state index in [1.807, 2.05) is 19.3 Å². The number of nitrogens with one attached hydrogen (secondary N) is 1. The number of aryl methyl sites for hydroxylation is 1. The van der Waals surface area contributed by atoms with Gasteiger partial charge in [0, 0.05) is 27.8 Å². The minimum absolute atomic E-state index is 0.301. The van der Waals surface area contributed by atoms with Crippen molar-refractivity contribution in [1.29, 1.82) is 0 Å². The van der Waals surface area contributed by atoms with Crippen molar-refractivity contribution in [3.05, 3.63) is 46.2 Å². The lowest BCUT2D eigenvalue weighted by Crippen LogP contribution is -2.19. The van der Waals surface area contributed by atoms with Crippen LogP contribution in [-0.4, -0.2) is 16.5 Å². The Bertz CT molecular complexity index is 587. The molecule has 1 aromatic carbocycles. The molecule has 1 aromatic heterocycles. The average molecular weight is 366 g/mol. The van der Waals surface area contributed by atoms with E-state index in [0.717, 1.165) is 28.2 Å². The van der Waals surface area contributed by atoms with Gasteiger partial charge in [0.25, 0.3) is 0 Å². The molecule has 0 bridgehead atoms. The summed E-state index contributed by atoms with van der Waals surface area (Å²) in [5, 5.41) is 4.32. The molecule has 1 heterocycles. The van der Waals surface area contributed by atoms with Crippen LogP contribution in [0.4, 0.5) is 0 Å². The summed E-state index contributed by atoms with van der Waals surface area (Å²) in [6.07, 6.45) is 4.83. The second-order valence-electron chi connectivity index (χ2n) is 5.00. The van der Waals surface area contributed by atoms with Gasteiger partial charge in [0.1, 0.15) is 0 Å². The Labute approximate surface area is 139 Å². The highest BCUT2D eigenvalue weighted by Gasteiger charge is 2.12. The van der Waals surface area contributed by atoms with E-state index in [0.29, 0.717) is 6.04 Å². The molecule has 5 heteroatoms. The zero-order valence-electron chi connectivity index (χ0n) is 12.6. The Morgan fingerprint density at radius 2 is 2.00 bits per heavy atom. The molecule has 0 amide bonds. The van der Waals surface area contributed by atoms with E-state index in [9.17, 15) is 0 Å². The van der Waals surface area contributed by atoms with E-state index in [1.165, 1.54) is 10.5 Å². The molecule has 0 aliphatic rings. The highest BCUT2D eigenvalue weighted by molar-refractivity contribution is 9.10. The van der Waals surface area contributed by atoms with Crippen molar-refractivity contribution < 1.29 is 0 Å². The molecule has 0 saturated heterocycles. The molecule has 0 aliphatic carbocycles. The molecule has 2 aromatic rings. The predicted molar refractivity (Wildman–Crippen MR) is 91.7 cm³/mol. The molecule has 3 nitrogen and oxygen atoms in total. The molecule has 1 unspecified atom stereocenters. The minimum Gasteiger partial charge on any atom is -0.310 e. The second kappa shape index (κ2) is 7.92. The Morgan fingerprint density at radius 1 is 1.29 bits per heavy atom. The molecule has 0 saturated carbocycles. The van der Waals surface area contributed by atoms with Crippen molar-refractivity contribution in [3.63, 3.8) is 0 Å². The van der Waals surface area contributed by atoms with Gasteiger partial charge >= 0.3 is 0 Å². The van der Waals surface area contributed by atoms with Crippen LogP contribution in [-0.2, 0) is 0 Å². The van der Waals surface area contributed by atoms with Crippen molar-refractivity contribution in [2.75, 3.05) is 6.54 Å². The van der Waals surface area contributed by atoms with Gasteiger partial charge in [-0.3, -0.25) is 0 Å². The predicted octanol–water partition coefficient (Wildman–Crippen LogP) is 4.76. The molecule has 112 valence electrons. The smallest absolute Gasteiger partial charge is 0.192 e. The number of hydrogen-bond acceptors (Lipinski definition) is 4. The van der Waals surface area contributed by atoms with E-state index in [1.54, 1.807) is 11.8 Å². The second-order valence-corrected chi connectivity index (χ2v) is 6.93. The fourth-order valence-electron chi connectivity index (χ4n) is 1.95. The summed E-state index contributed by atoms with van der Waals surface area (Å²) in [5.74, 6) is 0. The molecule has 1 atom stereocenters. The van der Waals surface area contributed by atoms with Gasteiger partial charge in [-0.25, -0.2) is 9.97 Å². The van der Waals surface area contributed by atoms with Gasteiger partial charge in [0.15, 0.2) is 5.16 Å². The monoisotopic (exact) mass is 365 g/mol. The first-order chi connectivity index (χ1) is 10.1. The quantitative estimate of drug-likeness (QED) is 0.748. The summed E-state index contributed by atoms with van der Waals surface area (Å²) in [4.78, 5) is 9.95. The van der Waals surface area contributed by atoms with E-state index < -0.39 is 0 Å². The maximum atomic E-state index is 4.38. The highest BCUT2D eigenvalue weighted by atomic mass is 79.9. The van der Waals surface area contributed by atoms with Gasteiger partial charge in [-0.15, -0.1) is 0 Å². The van der Waals surface area contributed by atoms with Gasteiger partial charge in [0.05, 0.1) is 0 Å². The van der Waals surface area contributed by atoms with Crippen molar-refractivity contribution in [2.24, 2.45) is 0 Å². The van der Waals surface area contributed by atoms with Crippen molar-refractivity contribution in [2.45, 2.75) is 43.3 Å². The van der Waals surface area contributed by atoms with E-state index in [2.05, 4.69) is 63.3 Å². The van der Waals surface area contributed by atoms with Crippen LogP contribution < -0.4 is 5.32 Å². The van der Waals surface area contributed by atoms with Crippen LogP contribution in [0.2, 0.25) is 0 Å². The van der Waals surface area contributed by atoms with E-state index in [-0.39, 0.29) is 0 Å². The molecule has 0 aliphatic heterocycles. The number of nitrogens with zero attached hydrogens (tertiary/aromatic N) is 2. The van der Waals surface area contributed by atoms with Crippen LogP contribution in [0.1, 0.15) is 37.4 Å². The van der Waals surface area contributed by atoms with Crippen molar-refractivity contribution in [1.82, 2.24) is 15.3 Å². The minimum atomic E-state index is 0.301. The summed E-state index contributed by atoms with van der Waals surface area (Å²) in [7, 11) is 0. The third-order valence-electron chi connectivity index (χ3n) is 3.10. The SMILES string of the molecule is CCCNC(C)c1cc(Br)ccc1Sc1ncc(C)cn1. The largest absolute Gasteiger partial charge is 0.310 e. The summed E-state index contributed by atoms with van der Waals surface area (Å²) in [6, 6.07) is 6.66. The lowest BCUT2D eigenvalue weighted by atomic mass is 10.1. The van der Waals surface area contributed by atoms with Crippen LogP contribution in [0.25, 0.3) is 0 Å². The molecule has 0 radical (unpaired) electrons. The molecule has 0 fully saturated rings. The van der Waals surface area contributed by atoms with Crippen molar-refractivity contribution >= 4 is 27.7 Å². The zero-order valence-corrected chi connectivity index (χ0v) is 15.0. The third kappa shape index (κ3) is 4.80. The first-order valence-electron chi connectivity index (χ1n) is 7.09.